The molecule has 7 heteroatoms. The average Bonchev–Trinajstić information content (AvgIpc) is 3.08. The molecular weight excluding hydrogens is 402 g/mol. The molecule has 0 aliphatic carbocycles. The van der Waals surface area contributed by atoms with Crippen molar-refractivity contribution in [2.45, 2.75) is 10.5 Å². The molecule has 0 bridgehead atoms. The fraction of sp³-hybridized carbons (Fsp3) is 0.167. The van der Waals surface area contributed by atoms with Crippen LogP contribution in [0.4, 0.5) is 0 Å². The summed E-state index contributed by atoms with van der Waals surface area (Å²) >= 11 is 4.68. The molecule has 5 nitrogen and oxygen atoms in total. The normalized spacial score (nSPS) is 12.0. The second kappa shape index (κ2) is 7.84. The van der Waals surface area contributed by atoms with E-state index in [0.29, 0.717) is 11.1 Å². The molecule has 0 N–H and O–H groups in total. The van der Waals surface area contributed by atoms with Crippen LogP contribution in [0.1, 0.15) is 10.8 Å². The van der Waals surface area contributed by atoms with Crippen LogP contribution in [0.25, 0.3) is 11.5 Å². The third kappa shape index (κ3) is 4.29. The molecule has 0 spiro atoms. The molecule has 0 saturated heterocycles. The molecule has 128 valence electrons. The van der Waals surface area contributed by atoms with Gasteiger partial charge in [0.15, 0.2) is 0 Å². The first-order valence-corrected chi connectivity index (χ1v) is 9.24. The Hall–Kier alpha value is -2.12. The zero-order valence-electron chi connectivity index (χ0n) is 13.7. The maximum atomic E-state index is 12.6. The van der Waals surface area contributed by atoms with Crippen molar-refractivity contribution in [2.24, 2.45) is 0 Å². The van der Waals surface area contributed by atoms with E-state index in [1.54, 1.807) is 19.0 Å². The summed E-state index contributed by atoms with van der Waals surface area (Å²) in [4.78, 5) is 14.1. The van der Waals surface area contributed by atoms with Crippen LogP contribution >= 0.6 is 27.7 Å². The SMILES string of the molecule is CN(C)C(=O)[C@@H](Sc1nnc(-c2cccc(Br)c2)o1)c1ccccc1. The Bertz CT molecular complexity index is 868. The summed E-state index contributed by atoms with van der Waals surface area (Å²) in [7, 11) is 3.47. The van der Waals surface area contributed by atoms with Crippen LogP contribution in [0.15, 0.2) is 68.7 Å². The summed E-state index contributed by atoms with van der Waals surface area (Å²) in [6.07, 6.45) is 0. The number of hydrogen-bond donors (Lipinski definition) is 0. The van der Waals surface area contributed by atoms with Gasteiger partial charge in [-0.05, 0) is 35.5 Å². The maximum absolute atomic E-state index is 12.6. The molecule has 1 amide bonds. The van der Waals surface area contributed by atoms with E-state index in [0.717, 1.165) is 15.6 Å². The molecule has 0 fully saturated rings. The van der Waals surface area contributed by atoms with Gasteiger partial charge in [-0.2, -0.15) is 0 Å². The fourth-order valence-corrected chi connectivity index (χ4v) is 3.64. The lowest BCUT2D eigenvalue weighted by Gasteiger charge is -2.18. The van der Waals surface area contributed by atoms with Gasteiger partial charge >= 0.3 is 0 Å². The molecule has 3 aromatic rings. The average molecular weight is 418 g/mol. The first-order chi connectivity index (χ1) is 12.0. The summed E-state index contributed by atoms with van der Waals surface area (Å²) < 4.78 is 6.69. The van der Waals surface area contributed by atoms with Crippen LogP contribution in [0, 0.1) is 0 Å². The monoisotopic (exact) mass is 417 g/mol. The maximum Gasteiger partial charge on any atom is 0.277 e. The Kier molecular flexibility index (Phi) is 5.55. The molecule has 1 heterocycles. The van der Waals surface area contributed by atoms with Crippen molar-refractivity contribution >= 4 is 33.6 Å². The minimum Gasteiger partial charge on any atom is -0.411 e. The number of aromatic nitrogens is 2. The highest BCUT2D eigenvalue weighted by molar-refractivity contribution is 9.10. The van der Waals surface area contributed by atoms with Gasteiger partial charge < -0.3 is 9.32 Å². The molecule has 3 rings (SSSR count). The Morgan fingerprint density at radius 2 is 1.88 bits per heavy atom. The minimum absolute atomic E-state index is 0.0293. The van der Waals surface area contributed by atoms with Crippen LogP contribution in [0.2, 0.25) is 0 Å². The van der Waals surface area contributed by atoms with Gasteiger partial charge in [0.2, 0.25) is 11.8 Å². The fourth-order valence-electron chi connectivity index (χ4n) is 2.22. The third-order valence-corrected chi connectivity index (χ3v) is 5.03. The van der Waals surface area contributed by atoms with Gasteiger partial charge in [-0.15, -0.1) is 10.2 Å². The van der Waals surface area contributed by atoms with Crippen molar-refractivity contribution < 1.29 is 9.21 Å². The van der Waals surface area contributed by atoms with Crippen LogP contribution in [0.3, 0.4) is 0 Å². The Morgan fingerprint density at radius 1 is 1.12 bits per heavy atom. The first-order valence-electron chi connectivity index (χ1n) is 7.57. The van der Waals surface area contributed by atoms with Crippen molar-refractivity contribution in [3.05, 3.63) is 64.6 Å². The molecule has 2 aromatic carbocycles. The number of carbonyl (C=O) groups is 1. The highest BCUT2D eigenvalue weighted by Gasteiger charge is 2.26. The van der Waals surface area contributed by atoms with E-state index in [1.807, 2.05) is 54.6 Å². The summed E-state index contributed by atoms with van der Waals surface area (Å²) in [5.74, 6) is 0.395. The van der Waals surface area contributed by atoms with Crippen LogP contribution < -0.4 is 0 Å². The van der Waals surface area contributed by atoms with E-state index in [2.05, 4.69) is 26.1 Å². The van der Waals surface area contributed by atoms with Crippen LogP contribution in [-0.2, 0) is 4.79 Å². The highest BCUT2D eigenvalue weighted by atomic mass is 79.9. The van der Waals surface area contributed by atoms with Gasteiger partial charge in [0.25, 0.3) is 5.22 Å². The van der Waals surface area contributed by atoms with Crippen molar-refractivity contribution in [3.8, 4) is 11.5 Å². The zero-order valence-corrected chi connectivity index (χ0v) is 16.1. The first kappa shape index (κ1) is 17.7. The number of hydrogen-bond acceptors (Lipinski definition) is 5. The standard InChI is InChI=1S/C18H16BrN3O2S/c1-22(2)17(23)15(12-7-4-3-5-8-12)25-18-21-20-16(24-18)13-9-6-10-14(19)11-13/h3-11,15H,1-2H3/t15-/m0/s1. The summed E-state index contributed by atoms with van der Waals surface area (Å²) in [5.41, 5.74) is 1.72. The molecule has 0 radical (unpaired) electrons. The second-order valence-corrected chi connectivity index (χ2v) is 7.50. The van der Waals surface area contributed by atoms with Crippen molar-refractivity contribution in [1.29, 1.82) is 0 Å². The number of halogens is 1. The highest BCUT2D eigenvalue weighted by Crippen LogP contribution is 2.36. The number of likely N-dealkylation sites (N-methyl/N-ethyl adjacent to an activating group) is 1. The summed E-state index contributed by atoms with van der Waals surface area (Å²) in [6.45, 7) is 0. The van der Waals surface area contributed by atoms with Gasteiger partial charge in [-0.25, -0.2) is 0 Å². The Labute approximate surface area is 158 Å². The lowest BCUT2D eigenvalue weighted by molar-refractivity contribution is -0.128. The van der Waals surface area contributed by atoms with Crippen LogP contribution in [-0.4, -0.2) is 35.1 Å². The Morgan fingerprint density at radius 3 is 2.56 bits per heavy atom. The number of rotatable bonds is 5. The van der Waals surface area contributed by atoms with E-state index in [1.165, 1.54) is 11.8 Å². The van der Waals surface area contributed by atoms with Gasteiger partial charge in [0, 0.05) is 24.1 Å². The second-order valence-electron chi connectivity index (χ2n) is 5.52. The molecule has 1 aromatic heterocycles. The summed E-state index contributed by atoms with van der Waals surface area (Å²) in [5, 5.41) is 8.11. The molecule has 0 unspecified atom stereocenters. The predicted molar refractivity (Wildman–Crippen MR) is 101 cm³/mol. The number of thioether (sulfide) groups is 1. The number of nitrogens with zero attached hydrogens (tertiary/aromatic N) is 3. The smallest absolute Gasteiger partial charge is 0.277 e. The molecule has 0 saturated carbocycles. The molecule has 25 heavy (non-hydrogen) atoms. The lowest BCUT2D eigenvalue weighted by Crippen LogP contribution is -2.26. The molecular formula is C18H16BrN3O2S. The number of carbonyl (C=O) groups excluding carboxylic acids is 1. The largest absolute Gasteiger partial charge is 0.411 e. The number of amides is 1. The van der Waals surface area contributed by atoms with E-state index in [4.69, 9.17) is 4.42 Å². The quantitative estimate of drug-likeness (QED) is 0.574. The van der Waals surface area contributed by atoms with E-state index < -0.39 is 5.25 Å². The van der Waals surface area contributed by atoms with Crippen molar-refractivity contribution in [3.63, 3.8) is 0 Å². The van der Waals surface area contributed by atoms with Gasteiger partial charge in [-0.1, -0.05) is 52.3 Å². The lowest BCUT2D eigenvalue weighted by atomic mass is 10.1. The van der Waals surface area contributed by atoms with Crippen LogP contribution in [0.5, 0.6) is 0 Å². The predicted octanol–water partition coefficient (Wildman–Crippen LogP) is 4.42. The number of benzene rings is 2. The molecule has 1 atom stereocenters. The molecule has 0 aliphatic rings. The van der Waals surface area contributed by atoms with Gasteiger partial charge in [0.1, 0.15) is 5.25 Å². The zero-order chi connectivity index (χ0) is 17.8. The topological polar surface area (TPSA) is 59.2 Å². The van der Waals surface area contributed by atoms with E-state index >= 15 is 0 Å². The Balaban J connectivity index is 1.87. The minimum atomic E-state index is -0.438. The van der Waals surface area contributed by atoms with Crippen molar-refractivity contribution in [1.82, 2.24) is 15.1 Å². The molecule has 0 aliphatic heterocycles. The van der Waals surface area contributed by atoms with E-state index in [-0.39, 0.29) is 5.91 Å². The van der Waals surface area contributed by atoms with E-state index in [9.17, 15) is 4.79 Å². The summed E-state index contributed by atoms with van der Waals surface area (Å²) in [6, 6.07) is 17.2. The van der Waals surface area contributed by atoms with Crippen molar-refractivity contribution in [2.75, 3.05) is 14.1 Å². The van der Waals surface area contributed by atoms with Gasteiger partial charge in [0.05, 0.1) is 0 Å². The third-order valence-electron chi connectivity index (χ3n) is 3.46. The van der Waals surface area contributed by atoms with Gasteiger partial charge in [-0.3, -0.25) is 4.79 Å².